The molecule has 70 valence electrons. The zero-order chi connectivity index (χ0) is 9.52. The number of pyridine rings is 1. The molecule has 13 heavy (non-hydrogen) atoms. The Bertz CT molecular complexity index is 259. The van der Waals surface area contributed by atoms with Gasteiger partial charge in [-0.05, 0) is 12.5 Å². The summed E-state index contributed by atoms with van der Waals surface area (Å²) in [7, 11) is 0. The molecule has 0 aliphatic carbocycles. The molecule has 1 aromatic rings. The van der Waals surface area contributed by atoms with Crippen LogP contribution in [0.4, 0.5) is 0 Å². The molecular weight excluding hydrogens is 166 g/mol. The lowest BCUT2D eigenvalue weighted by Gasteiger charge is -2.02. The van der Waals surface area contributed by atoms with Gasteiger partial charge in [-0.25, -0.2) is 0 Å². The lowest BCUT2D eigenvalue weighted by molar-refractivity contribution is -0.144. The highest BCUT2D eigenvalue weighted by Gasteiger charge is 2.00. The van der Waals surface area contributed by atoms with Gasteiger partial charge < -0.3 is 4.74 Å². The molecule has 0 saturated carbocycles. The first-order valence-electron chi connectivity index (χ1n) is 4.37. The molecule has 3 heteroatoms. The summed E-state index contributed by atoms with van der Waals surface area (Å²) in [5.41, 5.74) is 0.923. The summed E-state index contributed by atoms with van der Waals surface area (Å²) >= 11 is 0. The van der Waals surface area contributed by atoms with E-state index in [-0.39, 0.29) is 5.97 Å². The molecule has 0 atom stereocenters. The fraction of sp³-hybridized carbons (Fsp3) is 0.400. The minimum absolute atomic E-state index is 0.147. The minimum atomic E-state index is -0.147. The summed E-state index contributed by atoms with van der Waals surface area (Å²) in [4.78, 5) is 14.9. The van der Waals surface area contributed by atoms with Crippen LogP contribution in [0.15, 0.2) is 24.5 Å². The molecule has 0 aliphatic heterocycles. The van der Waals surface area contributed by atoms with Crippen LogP contribution in [-0.2, 0) is 16.1 Å². The average molecular weight is 179 g/mol. The van der Waals surface area contributed by atoms with Crippen LogP contribution in [0.1, 0.15) is 25.3 Å². The number of ether oxygens (including phenoxy) is 1. The Morgan fingerprint density at radius 3 is 3.08 bits per heavy atom. The summed E-state index contributed by atoms with van der Waals surface area (Å²) < 4.78 is 4.99. The van der Waals surface area contributed by atoms with Crippen molar-refractivity contribution < 1.29 is 9.53 Å². The first-order chi connectivity index (χ1) is 6.33. The molecule has 0 unspecified atom stereocenters. The number of nitrogens with zero attached hydrogens (tertiary/aromatic N) is 1. The van der Waals surface area contributed by atoms with Crippen molar-refractivity contribution in [1.29, 1.82) is 0 Å². The summed E-state index contributed by atoms with van der Waals surface area (Å²) in [6.45, 7) is 2.28. The number of rotatable bonds is 4. The number of aromatic nitrogens is 1. The van der Waals surface area contributed by atoms with Crippen LogP contribution in [0.3, 0.4) is 0 Å². The van der Waals surface area contributed by atoms with E-state index in [0.29, 0.717) is 13.0 Å². The van der Waals surface area contributed by atoms with Gasteiger partial charge in [-0.1, -0.05) is 13.0 Å². The summed E-state index contributed by atoms with van der Waals surface area (Å²) in [6, 6.07) is 3.70. The third-order valence-electron chi connectivity index (χ3n) is 1.58. The molecular formula is C10H13NO2. The van der Waals surface area contributed by atoms with Gasteiger partial charge in [0.15, 0.2) is 0 Å². The molecule has 1 heterocycles. The minimum Gasteiger partial charge on any atom is -0.461 e. The van der Waals surface area contributed by atoms with Crippen molar-refractivity contribution in [3.05, 3.63) is 30.1 Å². The predicted octanol–water partition coefficient (Wildman–Crippen LogP) is 1.92. The summed E-state index contributed by atoms with van der Waals surface area (Å²) in [5.74, 6) is -0.147. The van der Waals surface area contributed by atoms with Crippen LogP contribution < -0.4 is 0 Å². The molecule has 0 fully saturated rings. The molecule has 1 aromatic heterocycles. The fourth-order valence-corrected chi connectivity index (χ4v) is 0.924. The Labute approximate surface area is 77.8 Å². The lowest BCUT2D eigenvalue weighted by Crippen LogP contribution is -2.03. The van der Waals surface area contributed by atoms with E-state index in [2.05, 4.69) is 4.98 Å². The number of carbonyl (C=O) groups excluding carboxylic acids is 1. The Hall–Kier alpha value is -1.38. The van der Waals surface area contributed by atoms with E-state index in [9.17, 15) is 4.79 Å². The van der Waals surface area contributed by atoms with E-state index in [1.807, 2.05) is 19.1 Å². The average Bonchev–Trinajstić information content (AvgIpc) is 2.17. The van der Waals surface area contributed by atoms with Crippen molar-refractivity contribution in [2.24, 2.45) is 0 Å². The highest BCUT2D eigenvalue weighted by Crippen LogP contribution is 2.00. The normalized spacial score (nSPS) is 9.62. The van der Waals surface area contributed by atoms with Gasteiger partial charge in [0.05, 0.1) is 0 Å². The van der Waals surface area contributed by atoms with Crippen LogP contribution in [0.2, 0.25) is 0 Å². The monoisotopic (exact) mass is 179 g/mol. The third kappa shape index (κ3) is 3.69. The topological polar surface area (TPSA) is 39.2 Å². The first-order valence-corrected chi connectivity index (χ1v) is 4.37. The second kappa shape index (κ2) is 5.30. The van der Waals surface area contributed by atoms with E-state index in [0.717, 1.165) is 12.0 Å². The van der Waals surface area contributed by atoms with E-state index >= 15 is 0 Å². The molecule has 0 aromatic carbocycles. The number of esters is 1. The standard InChI is InChI=1S/C10H13NO2/c1-2-4-10(12)13-8-9-5-3-6-11-7-9/h3,5-7H,2,4,8H2,1H3. The van der Waals surface area contributed by atoms with Crippen LogP contribution in [0.25, 0.3) is 0 Å². The fourth-order valence-electron chi connectivity index (χ4n) is 0.924. The van der Waals surface area contributed by atoms with Gasteiger partial charge >= 0.3 is 5.97 Å². The zero-order valence-corrected chi connectivity index (χ0v) is 7.69. The van der Waals surface area contributed by atoms with E-state index in [1.165, 1.54) is 0 Å². The molecule has 0 bridgehead atoms. The van der Waals surface area contributed by atoms with Crippen molar-refractivity contribution in [2.45, 2.75) is 26.4 Å². The van der Waals surface area contributed by atoms with E-state index in [1.54, 1.807) is 12.4 Å². The molecule has 0 spiro atoms. The van der Waals surface area contributed by atoms with Gasteiger partial charge in [0.25, 0.3) is 0 Å². The van der Waals surface area contributed by atoms with Crippen LogP contribution in [0.5, 0.6) is 0 Å². The van der Waals surface area contributed by atoms with Crippen LogP contribution in [0, 0.1) is 0 Å². The SMILES string of the molecule is CCCC(=O)OCc1cccnc1. The first kappa shape index (κ1) is 9.71. The van der Waals surface area contributed by atoms with Gasteiger partial charge in [0.2, 0.25) is 0 Å². The van der Waals surface area contributed by atoms with Gasteiger partial charge in [-0.3, -0.25) is 9.78 Å². The largest absolute Gasteiger partial charge is 0.461 e. The molecule has 1 rings (SSSR count). The predicted molar refractivity (Wildman–Crippen MR) is 48.9 cm³/mol. The van der Waals surface area contributed by atoms with Gasteiger partial charge in [-0.15, -0.1) is 0 Å². The Balaban J connectivity index is 2.31. The van der Waals surface area contributed by atoms with Crippen molar-refractivity contribution in [2.75, 3.05) is 0 Å². The van der Waals surface area contributed by atoms with Crippen LogP contribution in [-0.4, -0.2) is 11.0 Å². The molecule has 0 aliphatic rings. The number of hydrogen-bond acceptors (Lipinski definition) is 3. The number of carbonyl (C=O) groups is 1. The smallest absolute Gasteiger partial charge is 0.306 e. The van der Waals surface area contributed by atoms with Crippen LogP contribution >= 0.6 is 0 Å². The van der Waals surface area contributed by atoms with E-state index in [4.69, 9.17) is 4.74 Å². The quantitative estimate of drug-likeness (QED) is 0.663. The van der Waals surface area contributed by atoms with Gasteiger partial charge in [-0.2, -0.15) is 0 Å². The van der Waals surface area contributed by atoms with Crippen molar-refractivity contribution in [3.8, 4) is 0 Å². The number of hydrogen-bond donors (Lipinski definition) is 0. The molecule has 0 N–H and O–H groups in total. The Morgan fingerprint density at radius 2 is 2.46 bits per heavy atom. The Morgan fingerprint density at radius 1 is 1.62 bits per heavy atom. The maximum atomic E-state index is 11.0. The highest BCUT2D eigenvalue weighted by atomic mass is 16.5. The third-order valence-corrected chi connectivity index (χ3v) is 1.58. The van der Waals surface area contributed by atoms with E-state index < -0.39 is 0 Å². The highest BCUT2D eigenvalue weighted by molar-refractivity contribution is 5.69. The molecule has 0 saturated heterocycles. The van der Waals surface area contributed by atoms with Crippen molar-refractivity contribution in [1.82, 2.24) is 4.98 Å². The second-order valence-electron chi connectivity index (χ2n) is 2.77. The lowest BCUT2D eigenvalue weighted by atomic mass is 10.3. The maximum absolute atomic E-state index is 11.0. The summed E-state index contributed by atoms with van der Waals surface area (Å²) in [5, 5.41) is 0. The second-order valence-corrected chi connectivity index (χ2v) is 2.77. The maximum Gasteiger partial charge on any atom is 0.306 e. The Kier molecular flexibility index (Phi) is 3.96. The summed E-state index contributed by atoms with van der Waals surface area (Å²) in [6.07, 6.45) is 4.70. The van der Waals surface area contributed by atoms with Gasteiger partial charge in [0.1, 0.15) is 6.61 Å². The van der Waals surface area contributed by atoms with Gasteiger partial charge in [0, 0.05) is 24.4 Å². The van der Waals surface area contributed by atoms with Crippen molar-refractivity contribution in [3.63, 3.8) is 0 Å². The van der Waals surface area contributed by atoms with Crippen molar-refractivity contribution >= 4 is 5.97 Å². The molecule has 3 nitrogen and oxygen atoms in total. The zero-order valence-electron chi connectivity index (χ0n) is 7.69. The molecule has 0 radical (unpaired) electrons. The molecule has 0 amide bonds.